The molecule has 2 N–H and O–H groups in total. The minimum absolute atomic E-state index is 0.332. The van der Waals surface area contributed by atoms with Crippen molar-refractivity contribution in [1.82, 2.24) is 14.9 Å². The van der Waals surface area contributed by atoms with E-state index in [1.807, 2.05) is 12.4 Å². The fraction of sp³-hybridized carbons (Fsp3) is 0.520. The number of aromatic nitrogens is 2. The number of hydrogen-bond acceptors (Lipinski definition) is 6. The van der Waals surface area contributed by atoms with Gasteiger partial charge in [0.2, 0.25) is 0 Å². The van der Waals surface area contributed by atoms with Gasteiger partial charge in [-0.05, 0) is 68.4 Å². The topological polar surface area (TPSA) is 113 Å². The number of ether oxygens (including phenoxy) is 1. The number of carboxylic acids is 2. The Balaban J connectivity index is 0.000000317. The summed E-state index contributed by atoms with van der Waals surface area (Å²) in [6.07, 6.45) is -1.23. The molecule has 2 atom stereocenters. The molecule has 14 heteroatoms. The Morgan fingerprint density at radius 2 is 1.54 bits per heavy atom. The number of likely N-dealkylation sites (tertiary alicyclic amines) is 1. The smallest absolute Gasteiger partial charge is 0.475 e. The second kappa shape index (κ2) is 14.2. The van der Waals surface area contributed by atoms with E-state index >= 15 is 0 Å². The summed E-state index contributed by atoms with van der Waals surface area (Å²) in [5, 5.41) is 14.2. The summed E-state index contributed by atoms with van der Waals surface area (Å²) < 4.78 is 69.8. The lowest BCUT2D eigenvalue weighted by molar-refractivity contribution is -0.193. The molecule has 216 valence electrons. The van der Waals surface area contributed by atoms with Crippen molar-refractivity contribution in [3.63, 3.8) is 0 Å². The van der Waals surface area contributed by atoms with E-state index in [1.165, 1.54) is 18.4 Å². The van der Waals surface area contributed by atoms with Gasteiger partial charge < -0.3 is 14.9 Å². The van der Waals surface area contributed by atoms with Crippen molar-refractivity contribution >= 4 is 11.9 Å². The number of carbonyl (C=O) groups is 2. The van der Waals surface area contributed by atoms with Crippen molar-refractivity contribution in [2.45, 2.75) is 63.7 Å². The van der Waals surface area contributed by atoms with Crippen LogP contribution < -0.4 is 0 Å². The second-order valence-electron chi connectivity index (χ2n) is 9.08. The van der Waals surface area contributed by atoms with Crippen LogP contribution in [-0.4, -0.2) is 74.7 Å². The largest absolute Gasteiger partial charge is 0.490 e. The molecule has 0 radical (unpaired) electrons. The van der Waals surface area contributed by atoms with Gasteiger partial charge in [-0.3, -0.25) is 14.9 Å². The zero-order valence-electron chi connectivity index (χ0n) is 21.0. The van der Waals surface area contributed by atoms with Gasteiger partial charge >= 0.3 is 24.3 Å². The van der Waals surface area contributed by atoms with Crippen LogP contribution in [0.3, 0.4) is 0 Å². The van der Waals surface area contributed by atoms with Crippen LogP contribution >= 0.6 is 0 Å². The van der Waals surface area contributed by atoms with Gasteiger partial charge in [0.15, 0.2) is 0 Å². The maximum Gasteiger partial charge on any atom is 0.490 e. The lowest BCUT2D eigenvalue weighted by Gasteiger charge is -2.28. The Labute approximate surface area is 220 Å². The minimum atomic E-state index is -5.08. The number of pyridine rings is 2. The number of halogens is 6. The zero-order chi connectivity index (χ0) is 29.2. The average Bonchev–Trinajstić information content (AvgIpc) is 3.60. The van der Waals surface area contributed by atoms with Gasteiger partial charge in [0, 0.05) is 43.8 Å². The van der Waals surface area contributed by atoms with E-state index in [-0.39, 0.29) is 0 Å². The molecule has 2 fully saturated rings. The van der Waals surface area contributed by atoms with Crippen LogP contribution in [0.15, 0.2) is 42.7 Å². The van der Waals surface area contributed by atoms with E-state index in [9.17, 15) is 26.3 Å². The summed E-state index contributed by atoms with van der Waals surface area (Å²) in [6, 6.07) is 11.0. The van der Waals surface area contributed by atoms with E-state index in [0.717, 1.165) is 49.8 Å². The maximum absolute atomic E-state index is 10.6. The maximum atomic E-state index is 10.6. The molecule has 3 heterocycles. The molecular formula is C25H29F6N3O5. The molecule has 4 rings (SSSR count). The molecule has 1 saturated carbocycles. The van der Waals surface area contributed by atoms with Crippen molar-refractivity contribution in [3.05, 3.63) is 59.7 Å². The third kappa shape index (κ3) is 12.0. The fourth-order valence-electron chi connectivity index (χ4n) is 3.74. The highest BCUT2D eigenvalue weighted by Crippen LogP contribution is 2.32. The molecule has 0 unspecified atom stereocenters. The summed E-state index contributed by atoms with van der Waals surface area (Å²) in [7, 11) is 0. The third-order valence-electron chi connectivity index (χ3n) is 5.83. The van der Waals surface area contributed by atoms with Crippen LogP contribution in [0.1, 0.15) is 36.2 Å². The summed E-state index contributed by atoms with van der Waals surface area (Å²) in [6.45, 7) is 4.99. The second-order valence-corrected chi connectivity index (χ2v) is 9.08. The highest BCUT2D eigenvalue weighted by Gasteiger charge is 2.39. The number of alkyl halides is 6. The van der Waals surface area contributed by atoms with Crippen LogP contribution in [0.2, 0.25) is 0 Å². The number of aliphatic carboxylic acids is 2. The number of rotatable bonds is 7. The molecule has 1 saturated heterocycles. The molecule has 1 aliphatic heterocycles. The van der Waals surface area contributed by atoms with Crippen LogP contribution in [0, 0.1) is 12.8 Å². The number of aryl methyl sites for hydroxylation is 1. The Hall–Kier alpha value is -3.26. The van der Waals surface area contributed by atoms with Crippen molar-refractivity contribution < 1.29 is 50.9 Å². The molecule has 2 aromatic heterocycles. The predicted octanol–water partition coefficient (Wildman–Crippen LogP) is 4.66. The number of hydrogen-bond donors (Lipinski definition) is 2. The molecule has 0 spiro atoms. The Morgan fingerprint density at radius 1 is 0.974 bits per heavy atom. The van der Waals surface area contributed by atoms with Crippen molar-refractivity contribution in [2.75, 3.05) is 13.2 Å². The SMILES string of the molecule is Cc1cccc(CN2CC[C@H](OCC3CC3)[C@@H]2Cc2ccncc2)n1.O=C(O)C(F)(F)F.O=C(O)C(F)(F)F. The molecule has 2 aliphatic rings. The van der Waals surface area contributed by atoms with Gasteiger partial charge in [0.1, 0.15) is 0 Å². The van der Waals surface area contributed by atoms with Gasteiger partial charge in [0.25, 0.3) is 0 Å². The normalized spacial score (nSPS) is 19.4. The first-order valence-electron chi connectivity index (χ1n) is 11.9. The van der Waals surface area contributed by atoms with Crippen LogP contribution in [-0.2, 0) is 27.3 Å². The van der Waals surface area contributed by atoms with Crippen LogP contribution in [0.25, 0.3) is 0 Å². The summed E-state index contributed by atoms with van der Waals surface area (Å²) in [4.78, 5) is 29.2. The van der Waals surface area contributed by atoms with Gasteiger partial charge in [-0.15, -0.1) is 0 Å². The molecule has 1 aliphatic carbocycles. The Bertz CT molecular complexity index is 1040. The van der Waals surface area contributed by atoms with E-state index in [4.69, 9.17) is 29.5 Å². The molecular weight excluding hydrogens is 536 g/mol. The highest BCUT2D eigenvalue weighted by atomic mass is 19.4. The van der Waals surface area contributed by atoms with E-state index in [0.29, 0.717) is 12.1 Å². The molecule has 8 nitrogen and oxygen atoms in total. The Morgan fingerprint density at radius 3 is 2.03 bits per heavy atom. The molecule has 39 heavy (non-hydrogen) atoms. The first-order chi connectivity index (χ1) is 18.2. The molecule has 0 bridgehead atoms. The minimum Gasteiger partial charge on any atom is -0.475 e. The number of nitrogens with zero attached hydrogens (tertiary/aromatic N) is 3. The summed E-state index contributed by atoms with van der Waals surface area (Å²) >= 11 is 0. The molecule has 0 aromatic carbocycles. The van der Waals surface area contributed by atoms with Crippen LogP contribution in [0.5, 0.6) is 0 Å². The first kappa shape index (κ1) is 32.0. The summed E-state index contributed by atoms with van der Waals surface area (Å²) in [5.74, 6) is -4.70. The highest BCUT2D eigenvalue weighted by molar-refractivity contribution is 5.73. The molecule has 0 amide bonds. The predicted molar refractivity (Wildman–Crippen MR) is 126 cm³/mol. The van der Waals surface area contributed by atoms with E-state index in [2.05, 4.69) is 47.1 Å². The molecule has 2 aromatic rings. The van der Waals surface area contributed by atoms with Gasteiger partial charge in [-0.1, -0.05) is 6.07 Å². The lowest BCUT2D eigenvalue weighted by Crippen LogP contribution is -2.38. The van der Waals surface area contributed by atoms with Gasteiger partial charge in [-0.2, -0.15) is 26.3 Å². The monoisotopic (exact) mass is 565 g/mol. The van der Waals surface area contributed by atoms with E-state index in [1.54, 1.807) is 0 Å². The first-order valence-corrected chi connectivity index (χ1v) is 11.9. The third-order valence-corrected chi connectivity index (χ3v) is 5.83. The zero-order valence-corrected chi connectivity index (χ0v) is 21.0. The van der Waals surface area contributed by atoms with Crippen molar-refractivity contribution in [1.29, 1.82) is 0 Å². The summed E-state index contributed by atoms with van der Waals surface area (Å²) in [5.41, 5.74) is 3.58. The van der Waals surface area contributed by atoms with Crippen LogP contribution in [0.4, 0.5) is 26.3 Å². The van der Waals surface area contributed by atoms with Crippen molar-refractivity contribution in [2.24, 2.45) is 5.92 Å². The lowest BCUT2D eigenvalue weighted by atomic mass is 10.0. The van der Waals surface area contributed by atoms with E-state index < -0.39 is 24.3 Å². The standard InChI is InChI=1S/C21H27N3O.2C2HF3O2/c1-16-3-2-4-19(23-16)14-24-12-9-21(25-15-18-5-6-18)20(24)13-17-7-10-22-11-8-17;2*3-2(4,5)1(6)7/h2-4,7-8,10-11,18,20-21H,5-6,9,12-15H2,1H3;2*(H,6,7)/t20-,21-;;/m0../s1. The van der Waals surface area contributed by atoms with Gasteiger partial charge in [-0.25, -0.2) is 9.59 Å². The fourth-order valence-corrected chi connectivity index (χ4v) is 3.74. The number of carboxylic acid groups (broad SMARTS) is 2. The van der Waals surface area contributed by atoms with Crippen molar-refractivity contribution in [3.8, 4) is 0 Å². The Kier molecular flexibility index (Phi) is 11.6. The average molecular weight is 566 g/mol. The van der Waals surface area contributed by atoms with Gasteiger partial charge in [0.05, 0.1) is 11.8 Å². The quantitative estimate of drug-likeness (QED) is 0.466.